The molecule has 4 nitrogen and oxygen atoms in total. The minimum absolute atomic E-state index is 0.0481. The van der Waals surface area contributed by atoms with E-state index in [2.05, 4.69) is 5.32 Å². The first kappa shape index (κ1) is 15.8. The van der Waals surface area contributed by atoms with Gasteiger partial charge in [-0.1, -0.05) is 17.7 Å². The third-order valence-electron chi connectivity index (χ3n) is 3.43. The van der Waals surface area contributed by atoms with Crippen LogP contribution in [0.25, 0.3) is 0 Å². The van der Waals surface area contributed by atoms with Gasteiger partial charge in [0.2, 0.25) is 0 Å². The highest BCUT2D eigenvalue weighted by molar-refractivity contribution is 7.91. The Kier molecular flexibility index (Phi) is 4.85. The van der Waals surface area contributed by atoms with Gasteiger partial charge in [-0.3, -0.25) is 0 Å². The van der Waals surface area contributed by atoms with E-state index < -0.39 is 9.84 Å². The summed E-state index contributed by atoms with van der Waals surface area (Å²) in [5.41, 5.74) is 2.06. The second kappa shape index (κ2) is 6.45. The average Bonchev–Trinajstić information content (AvgIpc) is 2.92. The van der Waals surface area contributed by atoms with E-state index in [0.717, 1.165) is 11.1 Å². The number of benzene rings is 1. The molecule has 0 aliphatic heterocycles. The molecule has 0 spiro atoms. The topological polar surface area (TPSA) is 59.3 Å². The highest BCUT2D eigenvalue weighted by atomic mass is 32.2. The van der Waals surface area contributed by atoms with Crippen molar-refractivity contribution in [2.75, 3.05) is 5.75 Å². The summed E-state index contributed by atoms with van der Waals surface area (Å²) in [5, 5.41) is 3.28. The quantitative estimate of drug-likeness (QED) is 0.891. The fraction of sp³-hybridized carbons (Fsp3) is 0.375. The van der Waals surface area contributed by atoms with Crippen LogP contribution in [-0.2, 0) is 9.84 Å². The number of furan rings is 1. The lowest BCUT2D eigenvalue weighted by atomic mass is 10.1. The van der Waals surface area contributed by atoms with Crippen molar-refractivity contribution in [3.05, 3.63) is 54.0 Å². The molecule has 0 aliphatic carbocycles. The van der Waals surface area contributed by atoms with Gasteiger partial charge in [-0.15, -0.1) is 0 Å². The molecule has 21 heavy (non-hydrogen) atoms. The Morgan fingerprint density at radius 1 is 1.14 bits per heavy atom. The lowest BCUT2D eigenvalue weighted by molar-refractivity contribution is 0.491. The van der Waals surface area contributed by atoms with Crippen molar-refractivity contribution >= 4 is 9.84 Å². The van der Waals surface area contributed by atoms with Gasteiger partial charge in [0.1, 0.15) is 0 Å². The molecule has 0 bridgehead atoms. The first-order valence-corrected chi connectivity index (χ1v) is 8.61. The molecular formula is C16H21NO3S. The first-order chi connectivity index (χ1) is 9.88. The van der Waals surface area contributed by atoms with Crippen LogP contribution in [0.2, 0.25) is 0 Å². The molecule has 2 atom stereocenters. The minimum atomic E-state index is -3.28. The zero-order valence-corrected chi connectivity index (χ0v) is 13.4. The summed E-state index contributed by atoms with van der Waals surface area (Å²) in [5.74, 6) is 0.0677. The van der Waals surface area contributed by atoms with Crippen LogP contribution in [-0.4, -0.2) is 20.2 Å². The number of rotatable bonds is 6. The van der Waals surface area contributed by atoms with Crippen molar-refractivity contribution in [1.82, 2.24) is 5.32 Å². The fourth-order valence-electron chi connectivity index (χ4n) is 2.26. The summed E-state index contributed by atoms with van der Waals surface area (Å²) in [4.78, 5) is 0.373. The summed E-state index contributed by atoms with van der Waals surface area (Å²) < 4.78 is 29.8. The molecule has 1 aromatic carbocycles. The zero-order valence-electron chi connectivity index (χ0n) is 12.5. The van der Waals surface area contributed by atoms with Gasteiger partial charge >= 0.3 is 0 Å². The van der Waals surface area contributed by atoms with E-state index in [0.29, 0.717) is 4.90 Å². The third-order valence-corrected chi connectivity index (χ3v) is 5.36. The molecule has 0 saturated heterocycles. The van der Waals surface area contributed by atoms with Crippen LogP contribution in [0.3, 0.4) is 0 Å². The Morgan fingerprint density at radius 2 is 1.81 bits per heavy atom. The Bertz CT molecular complexity index is 660. The number of nitrogens with one attached hydrogen (secondary N) is 1. The van der Waals surface area contributed by atoms with Gasteiger partial charge < -0.3 is 9.73 Å². The maximum absolute atomic E-state index is 12.4. The predicted octanol–water partition coefficient (Wildman–Crippen LogP) is 3.10. The second-order valence-electron chi connectivity index (χ2n) is 5.44. The van der Waals surface area contributed by atoms with Crippen molar-refractivity contribution < 1.29 is 12.8 Å². The lowest BCUT2D eigenvalue weighted by Gasteiger charge is -2.19. The van der Waals surface area contributed by atoms with Crippen LogP contribution in [0.4, 0.5) is 0 Å². The van der Waals surface area contributed by atoms with E-state index in [-0.39, 0.29) is 17.8 Å². The minimum Gasteiger partial charge on any atom is -0.472 e. The Balaban J connectivity index is 2.01. The summed E-state index contributed by atoms with van der Waals surface area (Å²) in [6.45, 7) is 5.80. The molecular weight excluding hydrogens is 286 g/mol. The molecule has 0 radical (unpaired) electrons. The lowest BCUT2D eigenvalue weighted by Crippen LogP contribution is -2.34. The van der Waals surface area contributed by atoms with E-state index in [1.54, 1.807) is 24.7 Å². The normalized spacial score (nSPS) is 14.8. The predicted molar refractivity (Wildman–Crippen MR) is 83.0 cm³/mol. The van der Waals surface area contributed by atoms with Crippen LogP contribution in [0, 0.1) is 6.92 Å². The third kappa shape index (κ3) is 4.19. The maximum atomic E-state index is 12.4. The molecule has 5 heteroatoms. The van der Waals surface area contributed by atoms with Crippen LogP contribution < -0.4 is 5.32 Å². The standard InChI is InChI=1S/C16H21NO3S/c1-12-4-6-16(7-5-12)21(18,19)11-13(2)17-14(3)15-8-9-20-10-15/h4-10,13-14,17H,11H2,1-3H3/t13-,14-/m1/s1. The maximum Gasteiger partial charge on any atom is 0.179 e. The van der Waals surface area contributed by atoms with E-state index in [9.17, 15) is 8.42 Å². The van der Waals surface area contributed by atoms with Gasteiger partial charge in [0.05, 0.1) is 23.2 Å². The molecule has 114 valence electrons. The summed E-state index contributed by atoms with van der Waals surface area (Å²) >= 11 is 0. The van der Waals surface area contributed by atoms with Crippen molar-refractivity contribution in [2.24, 2.45) is 0 Å². The highest BCUT2D eigenvalue weighted by Crippen LogP contribution is 2.16. The van der Waals surface area contributed by atoms with Crippen molar-refractivity contribution in [2.45, 2.75) is 37.8 Å². The van der Waals surface area contributed by atoms with Crippen LogP contribution in [0.1, 0.15) is 31.0 Å². The zero-order chi connectivity index (χ0) is 15.5. The molecule has 0 amide bonds. The van der Waals surface area contributed by atoms with Gasteiger partial charge in [0.25, 0.3) is 0 Å². The molecule has 1 N–H and O–H groups in total. The molecule has 0 saturated carbocycles. The van der Waals surface area contributed by atoms with Crippen LogP contribution in [0.5, 0.6) is 0 Å². The monoisotopic (exact) mass is 307 g/mol. The highest BCUT2D eigenvalue weighted by Gasteiger charge is 2.20. The van der Waals surface area contributed by atoms with Crippen molar-refractivity contribution in [1.29, 1.82) is 0 Å². The molecule has 1 heterocycles. The van der Waals surface area contributed by atoms with Gasteiger partial charge in [0, 0.05) is 17.6 Å². The fourth-order valence-corrected chi connectivity index (χ4v) is 3.76. The Hall–Kier alpha value is -1.59. The smallest absolute Gasteiger partial charge is 0.179 e. The molecule has 1 aromatic heterocycles. The van der Waals surface area contributed by atoms with Gasteiger partial charge in [-0.2, -0.15) is 0 Å². The molecule has 0 fully saturated rings. The molecule has 2 aromatic rings. The summed E-state index contributed by atoms with van der Waals surface area (Å²) in [6, 6.07) is 8.73. The largest absolute Gasteiger partial charge is 0.472 e. The number of hydrogen-bond donors (Lipinski definition) is 1. The van der Waals surface area contributed by atoms with E-state index >= 15 is 0 Å². The average molecular weight is 307 g/mol. The van der Waals surface area contributed by atoms with Gasteiger partial charge in [0.15, 0.2) is 9.84 Å². The van der Waals surface area contributed by atoms with E-state index in [1.807, 2.05) is 39.0 Å². The van der Waals surface area contributed by atoms with Crippen molar-refractivity contribution in [3.8, 4) is 0 Å². The Labute approximate surface area is 126 Å². The van der Waals surface area contributed by atoms with E-state index in [4.69, 9.17) is 4.42 Å². The second-order valence-corrected chi connectivity index (χ2v) is 7.47. The first-order valence-electron chi connectivity index (χ1n) is 6.96. The van der Waals surface area contributed by atoms with Crippen molar-refractivity contribution in [3.63, 3.8) is 0 Å². The number of aryl methyl sites for hydroxylation is 1. The Morgan fingerprint density at radius 3 is 2.38 bits per heavy atom. The molecule has 0 unspecified atom stereocenters. The number of hydrogen-bond acceptors (Lipinski definition) is 4. The van der Waals surface area contributed by atoms with Crippen LogP contribution in [0.15, 0.2) is 52.2 Å². The van der Waals surface area contributed by atoms with Gasteiger partial charge in [-0.25, -0.2) is 8.42 Å². The number of sulfone groups is 1. The van der Waals surface area contributed by atoms with Crippen LogP contribution >= 0.6 is 0 Å². The summed E-state index contributed by atoms with van der Waals surface area (Å²) in [6.07, 6.45) is 3.28. The molecule has 2 rings (SSSR count). The van der Waals surface area contributed by atoms with Gasteiger partial charge in [-0.05, 0) is 39.0 Å². The SMILES string of the molecule is Cc1ccc(S(=O)(=O)C[C@@H](C)N[C@H](C)c2ccoc2)cc1. The summed E-state index contributed by atoms with van der Waals surface area (Å²) in [7, 11) is -3.28. The van der Waals surface area contributed by atoms with E-state index in [1.165, 1.54) is 0 Å². The molecule has 0 aliphatic rings.